The highest BCUT2D eigenvalue weighted by atomic mass is 16.6. The van der Waals surface area contributed by atoms with E-state index in [-0.39, 0.29) is 41.3 Å². The van der Waals surface area contributed by atoms with Crippen LogP contribution in [0.15, 0.2) is 36.4 Å². The number of benzene rings is 2. The smallest absolute Gasteiger partial charge is 0.412 e. The first-order chi connectivity index (χ1) is 25.9. The van der Waals surface area contributed by atoms with E-state index in [0.717, 1.165) is 49.8 Å². The van der Waals surface area contributed by atoms with Gasteiger partial charge in [-0.25, -0.2) is 9.59 Å². The molecule has 2 aromatic rings. The van der Waals surface area contributed by atoms with Crippen LogP contribution in [-0.4, -0.2) is 88.8 Å². The number of alkyl carbamates (subject to hydrolysis) is 1. The summed E-state index contributed by atoms with van der Waals surface area (Å²) in [5.74, 6) is 2.10. The molecule has 5 atom stereocenters. The van der Waals surface area contributed by atoms with E-state index in [4.69, 9.17) is 28.4 Å². The summed E-state index contributed by atoms with van der Waals surface area (Å²) < 4.78 is 33.5. The predicted molar refractivity (Wildman–Crippen MR) is 201 cm³/mol. The van der Waals surface area contributed by atoms with Crippen LogP contribution >= 0.6 is 0 Å². The van der Waals surface area contributed by atoms with Gasteiger partial charge >= 0.3 is 18.2 Å². The zero-order valence-corrected chi connectivity index (χ0v) is 32.5. The lowest BCUT2D eigenvalue weighted by Crippen LogP contribution is -2.65. The first-order valence-corrected chi connectivity index (χ1v) is 19.6. The van der Waals surface area contributed by atoms with E-state index in [0.29, 0.717) is 73.1 Å². The predicted octanol–water partition coefficient (Wildman–Crippen LogP) is 6.31. The van der Waals surface area contributed by atoms with Crippen molar-refractivity contribution in [3.8, 4) is 23.0 Å². The van der Waals surface area contributed by atoms with Crippen molar-refractivity contribution in [2.24, 2.45) is 28.6 Å². The van der Waals surface area contributed by atoms with Crippen LogP contribution in [0, 0.1) is 28.6 Å². The van der Waals surface area contributed by atoms with Crippen molar-refractivity contribution in [3.63, 3.8) is 0 Å². The fourth-order valence-corrected chi connectivity index (χ4v) is 11.3. The van der Waals surface area contributed by atoms with Gasteiger partial charge in [0.05, 0.1) is 33.9 Å². The van der Waals surface area contributed by atoms with Gasteiger partial charge in [0, 0.05) is 31.1 Å². The number of amides is 2. The van der Waals surface area contributed by atoms with Crippen molar-refractivity contribution >= 4 is 18.2 Å². The monoisotopic (exact) mass is 747 g/mol. The summed E-state index contributed by atoms with van der Waals surface area (Å²) >= 11 is 0. The molecule has 2 aromatic carbocycles. The Balaban J connectivity index is 0.861. The highest BCUT2D eigenvalue weighted by Gasteiger charge is 2.60. The fraction of sp³-hybridized carbons (Fsp3) is 0.643. The third-order valence-corrected chi connectivity index (χ3v) is 12.6. The Morgan fingerprint density at radius 1 is 0.852 bits per heavy atom. The number of hydrogen-bond acceptors (Lipinski definition) is 10. The molecule has 12 heteroatoms. The van der Waals surface area contributed by atoms with Crippen molar-refractivity contribution < 1.29 is 42.8 Å². The third kappa shape index (κ3) is 8.53. The Morgan fingerprint density at radius 3 is 2.20 bits per heavy atom. The molecule has 2 saturated heterocycles. The van der Waals surface area contributed by atoms with Crippen LogP contribution in [0.25, 0.3) is 0 Å². The molecule has 0 aromatic heterocycles. The number of rotatable bonds is 13. The lowest BCUT2D eigenvalue weighted by Gasteiger charge is -2.65. The molecule has 0 radical (unpaired) electrons. The fourth-order valence-electron chi connectivity index (χ4n) is 11.3. The highest BCUT2D eigenvalue weighted by molar-refractivity contribution is 5.75. The van der Waals surface area contributed by atoms with Gasteiger partial charge in [-0.1, -0.05) is 26.0 Å². The van der Waals surface area contributed by atoms with Gasteiger partial charge in [-0.15, -0.1) is 0 Å². The number of carbonyl (C=O) groups excluding carboxylic acids is 3. The van der Waals surface area contributed by atoms with Crippen LogP contribution in [0.2, 0.25) is 0 Å². The Labute approximate surface area is 318 Å². The van der Waals surface area contributed by atoms with Crippen molar-refractivity contribution in [2.75, 3.05) is 54.1 Å². The molecule has 0 spiro atoms. The summed E-state index contributed by atoms with van der Waals surface area (Å²) in [6.07, 6.45) is 8.82. The lowest BCUT2D eigenvalue weighted by atomic mass is 9.43. The molecule has 6 aliphatic rings. The number of nitrogens with one attached hydrogen (secondary N) is 2. The molecule has 4 aliphatic carbocycles. The largest absolute Gasteiger partial charge is 0.493 e. The van der Waals surface area contributed by atoms with E-state index < -0.39 is 6.09 Å². The van der Waals surface area contributed by atoms with Crippen molar-refractivity contribution in [3.05, 3.63) is 47.5 Å². The summed E-state index contributed by atoms with van der Waals surface area (Å²) in [4.78, 5) is 41.0. The maximum atomic E-state index is 13.2. The van der Waals surface area contributed by atoms with Crippen LogP contribution in [0.1, 0.15) is 76.3 Å². The summed E-state index contributed by atoms with van der Waals surface area (Å²) in [6, 6.07) is 11.1. The normalized spacial score (nSPS) is 31.4. The molecule has 2 amide bonds. The van der Waals surface area contributed by atoms with E-state index in [1.807, 2.05) is 24.3 Å². The molecular weight excluding hydrogens is 690 g/mol. The van der Waals surface area contributed by atoms with E-state index >= 15 is 0 Å². The third-order valence-electron chi connectivity index (χ3n) is 12.6. The van der Waals surface area contributed by atoms with Crippen LogP contribution in [0.4, 0.5) is 9.59 Å². The maximum absolute atomic E-state index is 13.2. The second kappa shape index (κ2) is 15.5. The Bertz CT molecular complexity index is 1700. The molecule has 294 valence electrons. The number of piperidine rings is 1. The first-order valence-electron chi connectivity index (χ1n) is 19.6. The van der Waals surface area contributed by atoms with Crippen molar-refractivity contribution in [2.45, 2.75) is 89.7 Å². The minimum absolute atomic E-state index is 0.0129. The molecule has 2 aliphatic heterocycles. The Hall–Kier alpha value is -4.19. The van der Waals surface area contributed by atoms with Crippen molar-refractivity contribution in [1.82, 2.24) is 15.5 Å². The summed E-state index contributed by atoms with van der Waals surface area (Å²) in [5.41, 5.74) is 2.40. The molecule has 6 fully saturated rings. The van der Waals surface area contributed by atoms with Gasteiger partial charge in [0.15, 0.2) is 23.0 Å². The number of likely N-dealkylation sites (tertiary alicyclic amines) is 1. The standard InChI is InChI=1S/C42H57N3O9/c1-40-19-29-20-41(2,24-40)26-42(21-29,25-40)44-39(48)53-31-7-6-13-45(22-31)14-12-43-38(47)54-34-11-9-28(18-36(34)51-5)16-32-30(23-52-37(32)46)15-27-8-10-33(49-3)35(17-27)50-4/h8-11,17-18,29-32H,6-7,12-16,19-26H2,1-5H3,(H,43,47)(H,44,48)/t29?,30-,31-,32+,40?,41?,42?/m0/s1. The number of hydrogen-bond donors (Lipinski definition) is 2. The van der Waals surface area contributed by atoms with E-state index in [2.05, 4.69) is 29.4 Å². The average Bonchev–Trinajstić information content (AvgIpc) is 3.44. The number of carbonyl (C=O) groups is 3. The van der Waals surface area contributed by atoms with Gasteiger partial charge < -0.3 is 39.1 Å². The minimum Gasteiger partial charge on any atom is -0.493 e. The quantitative estimate of drug-likeness (QED) is 0.225. The molecule has 54 heavy (non-hydrogen) atoms. The zero-order chi connectivity index (χ0) is 38.1. The molecule has 12 nitrogen and oxygen atoms in total. The molecule has 2 heterocycles. The van der Waals surface area contributed by atoms with E-state index in [1.54, 1.807) is 26.4 Å². The number of cyclic esters (lactones) is 1. The van der Waals surface area contributed by atoms with Crippen LogP contribution < -0.4 is 29.6 Å². The summed E-state index contributed by atoms with van der Waals surface area (Å²) in [5, 5.41) is 6.22. The second-order valence-electron chi connectivity index (χ2n) is 17.4. The van der Waals surface area contributed by atoms with Gasteiger partial charge in [0.1, 0.15) is 6.10 Å². The van der Waals surface area contributed by atoms with E-state index in [1.165, 1.54) is 26.4 Å². The van der Waals surface area contributed by atoms with Gasteiger partial charge in [0.2, 0.25) is 0 Å². The average molecular weight is 748 g/mol. The minimum atomic E-state index is -0.586. The highest BCUT2D eigenvalue weighted by Crippen LogP contribution is 2.66. The first kappa shape index (κ1) is 38.1. The molecule has 8 rings (SSSR count). The lowest BCUT2D eigenvalue weighted by molar-refractivity contribution is -0.141. The van der Waals surface area contributed by atoms with Crippen LogP contribution in [-0.2, 0) is 27.1 Å². The summed E-state index contributed by atoms with van der Waals surface area (Å²) in [6.45, 7) is 7.65. The van der Waals surface area contributed by atoms with Gasteiger partial charge in [-0.05, 0) is 123 Å². The number of methoxy groups -OCH3 is 3. The molecule has 4 bridgehead atoms. The van der Waals surface area contributed by atoms with Gasteiger partial charge in [-0.2, -0.15) is 0 Å². The number of esters is 1. The van der Waals surface area contributed by atoms with Gasteiger partial charge in [0.25, 0.3) is 0 Å². The molecule has 4 saturated carbocycles. The molecule has 2 unspecified atom stereocenters. The zero-order valence-electron chi connectivity index (χ0n) is 32.5. The summed E-state index contributed by atoms with van der Waals surface area (Å²) in [7, 11) is 4.72. The second-order valence-corrected chi connectivity index (χ2v) is 17.4. The SMILES string of the molecule is COc1ccc(C[C@H]2COC(=O)[C@@H]2Cc2ccc(OC(=O)NCCN3CCC[C@H](OC(=O)NC45CC6CC(C)(CC(C)(C6)C4)C5)C3)c(OC)c2)cc1OC. The number of nitrogens with zero attached hydrogens (tertiary/aromatic N) is 1. The van der Waals surface area contributed by atoms with E-state index in [9.17, 15) is 14.4 Å². The van der Waals surface area contributed by atoms with Crippen LogP contribution in [0.5, 0.6) is 23.0 Å². The van der Waals surface area contributed by atoms with Crippen LogP contribution in [0.3, 0.4) is 0 Å². The van der Waals surface area contributed by atoms with Crippen molar-refractivity contribution in [1.29, 1.82) is 0 Å². The Morgan fingerprint density at radius 2 is 1.52 bits per heavy atom. The molecule has 2 N–H and O–H groups in total. The maximum Gasteiger partial charge on any atom is 0.412 e. The topological polar surface area (TPSA) is 134 Å². The Kier molecular flexibility index (Phi) is 10.9. The molecular formula is C42H57N3O9. The van der Waals surface area contributed by atoms with Gasteiger partial charge in [-0.3, -0.25) is 9.69 Å². The number of ether oxygens (including phenoxy) is 6.